The Bertz CT molecular complexity index is 1180. The number of nitrogens with one attached hydrogen (secondary N) is 4. The Balaban J connectivity index is 2.30. The summed E-state index contributed by atoms with van der Waals surface area (Å²) in [6, 6.07) is 2.93. The maximum Gasteiger partial charge on any atom is 0.326 e. The number of fused-ring (bicyclic) bond motifs is 1. The highest BCUT2D eigenvalue weighted by atomic mass is 16.4. The number of carbonyl (C=O) groups is 5. The van der Waals surface area contributed by atoms with Crippen molar-refractivity contribution in [2.24, 2.45) is 17.6 Å². The molecule has 0 aliphatic rings. The molecular weight excluding hydrogens is 506 g/mol. The van der Waals surface area contributed by atoms with Crippen LogP contribution in [0, 0.1) is 11.8 Å². The van der Waals surface area contributed by atoms with Crippen LogP contribution in [0.15, 0.2) is 30.5 Å². The molecule has 1 aromatic carbocycles. The lowest BCUT2D eigenvalue weighted by Crippen LogP contribution is -2.58. The first-order chi connectivity index (χ1) is 18.3. The predicted octanol–water partition coefficient (Wildman–Crippen LogP) is 1.14. The van der Waals surface area contributed by atoms with E-state index in [1.807, 2.05) is 38.1 Å². The molecule has 0 aliphatic carbocycles. The van der Waals surface area contributed by atoms with Crippen LogP contribution in [0.25, 0.3) is 10.9 Å². The Labute approximate surface area is 227 Å². The normalized spacial score (nSPS) is 14.4. The Kier molecular flexibility index (Phi) is 11.5. The lowest BCUT2D eigenvalue weighted by molar-refractivity contribution is -0.143. The third kappa shape index (κ3) is 9.40. The van der Waals surface area contributed by atoms with E-state index >= 15 is 0 Å². The summed E-state index contributed by atoms with van der Waals surface area (Å²) in [5.74, 6) is -4.70. The Morgan fingerprint density at radius 2 is 1.51 bits per heavy atom. The van der Waals surface area contributed by atoms with E-state index in [0.717, 1.165) is 16.5 Å². The van der Waals surface area contributed by atoms with Gasteiger partial charge in [-0.25, -0.2) is 4.79 Å². The van der Waals surface area contributed by atoms with Crippen molar-refractivity contribution in [3.63, 3.8) is 0 Å². The van der Waals surface area contributed by atoms with Crippen molar-refractivity contribution in [2.45, 2.75) is 77.5 Å². The second-order valence-electron chi connectivity index (χ2n) is 10.4. The van der Waals surface area contributed by atoms with Crippen LogP contribution in [-0.2, 0) is 30.4 Å². The minimum atomic E-state index is -1.19. The maximum absolute atomic E-state index is 13.5. The summed E-state index contributed by atoms with van der Waals surface area (Å²) in [5.41, 5.74) is 7.44. The van der Waals surface area contributed by atoms with Gasteiger partial charge in [0.25, 0.3) is 0 Å². The van der Waals surface area contributed by atoms with Crippen molar-refractivity contribution in [1.29, 1.82) is 0 Å². The van der Waals surface area contributed by atoms with E-state index in [0.29, 0.717) is 0 Å². The van der Waals surface area contributed by atoms with E-state index in [4.69, 9.17) is 10.8 Å². The second-order valence-corrected chi connectivity index (χ2v) is 10.4. The molecule has 4 unspecified atom stereocenters. The zero-order valence-electron chi connectivity index (χ0n) is 22.7. The van der Waals surface area contributed by atoms with Gasteiger partial charge in [-0.2, -0.15) is 0 Å². The number of aromatic amines is 1. The zero-order chi connectivity index (χ0) is 29.3. The summed E-state index contributed by atoms with van der Waals surface area (Å²) in [7, 11) is 0. The molecule has 1 heterocycles. The number of carboxylic acid groups (broad SMARTS) is 2. The highest BCUT2D eigenvalue weighted by Gasteiger charge is 2.32. The van der Waals surface area contributed by atoms with Gasteiger partial charge in [-0.1, -0.05) is 45.9 Å². The van der Waals surface area contributed by atoms with Crippen LogP contribution in [0.5, 0.6) is 0 Å². The molecule has 8 N–H and O–H groups in total. The lowest BCUT2D eigenvalue weighted by Gasteiger charge is -2.27. The molecule has 1 aromatic heterocycles. The molecule has 39 heavy (non-hydrogen) atoms. The molecule has 12 heteroatoms. The largest absolute Gasteiger partial charge is 0.481 e. The first-order valence-corrected chi connectivity index (χ1v) is 13.0. The lowest BCUT2D eigenvalue weighted by atomic mass is 9.99. The number of aliphatic carboxylic acids is 2. The molecule has 0 aliphatic heterocycles. The van der Waals surface area contributed by atoms with E-state index in [2.05, 4.69) is 20.9 Å². The summed E-state index contributed by atoms with van der Waals surface area (Å²) in [5, 5.41) is 27.0. The van der Waals surface area contributed by atoms with E-state index in [1.54, 1.807) is 20.0 Å². The second kappa shape index (κ2) is 14.3. The fraction of sp³-hybridized carbons (Fsp3) is 0.519. The van der Waals surface area contributed by atoms with Crippen LogP contribution in [0.4, 0.5) is 0 Å². The summed E-state index contributed by atoms with van der Waals surface area (Å²) in [6.07, 6.45) is 1.58. The highest BCUT2D eigenvalue weighted by molar-refractivity contribution is 5.95. The number of nitrogens with two attached hydrogens (primary N) is 1. The highest BCUT2D eigenvalue weighted by Crippen LogP contribution is 2.19. The van der Waals surface area contributed by atoms with Crippen molar-refractivity contribution in [1.82, 2.24) is 20.9 Å². The van der Waals surface area contributed by atoms with Crippen LogP contribution in [0.2, 0.25) is 0 Å². The Hall–Kier alpha value is -3.93. The number of carboxylic acids is 2. The molecule has 0 spiro atoms. The molecule has 2 rings (SSSR count). The van der Waals surface area contributed by atoms with Gasteiger partial charge in [-0.15, -0.1) is 0 Å². The molecule has 0 radical (unpaired) electrons. The van der Waals surface area contributed by atoms with Crippen LogP contribution in [-0.4, -0.2) is 69.0 Å². The maximum atomic E-state index is 13.5. The van der Waals surface area contributed by atoms with E-state index in [1.165, 1.54) is 0 Å². The van der Waals surface area contributed by atoms with Crippen LogP contribution < -0.4 is 21.7 Å². The van der Waals surface area contributed by atoms with E-state index in [9.17, 15) is 29.1 Å². The first-order valence-electron chi connectivity index (χ1n) is 13.0. The number of hydrogen-bond donors (Lipinski definition) is 7. The third-order valence-electron chi connectivity index (χ3n) is 6.31. The van der Waals surface area contributed by atoms with Crippen molar-refractivity contribution < 1.29 is 34.2 Å². The zero-order valence-corrected chi connectivity index (χ0v) is 22.7. The van der Waals surface area contributed by atoms with Crippen LogP contribution in [0.1, 0.15) is 52.5 Å². The molecule has 214 valence electrons. The molecule has 0 saturated carbocycles. The van der Waals surface area contributed by atoms with Gasteiger partial charge in [-0.3, -0.25) is 19.2 Å². The molecule has 12 nitrogen and oxygen atoms in total. The Morgan fingerprint density at radius 3 is 2.10 bits per heavy atom. The fourth-order valence-corrected chi connectivity index (χ4v) is 4.16. The van der Waals surface area contributed by atoms with Crippen molar-refractivity contribution in [3.05, 3.63) is 36.0 Å². The number of aromatic nitrogens is 1. The molecule has 0 bridgehead atoms. The van der Waals surface area contributed by atoms with E-state index in [-0.39, 0.29) is 37.5 Å². The van der Waals surface area contributed by atoms with Crippen molar-refractivity contribution in [3.8, 4) is 0 Å². The summed E-state index contributed by atoms with van der Waals surface area (Å²) < 4.78 is 0. The van der Waals surface area contributed by atoms with Gasteiger partial charge in [0.1, 0.15) is 18.1 Å². The number of hydrogen-bond acceptors (Lipinski definition) is 6. The van der Waals surface area contributed by atoms with Gasteiger partial charge < -0.3 is 36.9 Å². The fourth-order valence-electron chi connectivity index (χ4n) is 4.16. The van der Waals surface area contributed by atoms with Crippen molar-refractivity contribution in [2.75, 3.05) is 0 Å². The smallest absolute Gasteiger partial charge is 0.326 e. The SMILES string of the molecule is CC(C)CC(NC(=O)C(Cc1c[nH]c2ccccc12)NC(=O)C(N)CCC(=O)O)C(=O)NC(C(=O)O)C(C)C. The molecule has 0 saturated heterocycles. The van der Waals surface area contributed by atoms with Crippen LogP contribution in [0.3, 0.4) is 0 Å². The van der Waals surface area contributed by atoms with E-state index < -0.39 is 53.8 Å². The molecular formula is C27H39N5O7. The number of carbonyl (C=O) groups excluding carboxylic acids is 3. The average molecular weight is 546 g/mol. The number of rotatable bonds is 15. The molecule has 3 amide bonds. The minimum Gasteiger partial charge on any atom is -0.481 e. The van der Waals surface area contributed by atoms with Gasteiger partial charge in [0.15, 0.2) is 0 Å². The van der Waals surface area contributed by atoms with Gasteiger partial charge >= 0.3 is 11.9 Å². The third-order valence-corrected chi connectivity index (χ3v) is 6.31. The Morgan fingerprint density at radius 1 is 0.897 bits per heavy atom. The predicted molar refractivity (Wildman–Crippen MR) is 145 cm³/mol. The molecule has 4 atom stereocenters. The number of H-pyrrole nitrogens is 1. The van der Waals surface area contributed by atoms with Gasteiger partial charge in [0, 0.05) is 29.9 Å². The first kappa shape index (κ1) is 31.3. The van der Waals surface area contributed by atoms with Gasteiger partial charge in [0.2, 0.25) is 17.7 Å². The number of benzene rings is 1. The quantitative estimate of drug-likeness (QED) is 0.172. The summed E-state index contributed by atoms with van der Waals surface area (Å²) >= 11 is 0. The molecule has 0 fully saturated rings. The number of amides is 3. The standard InChI is InChI=1S/C27H39N5O7/c1-14(2)11-20(26(37)32-23(15(3)4)27(38)39)31-25(36)21(30-24(35)18(28)9-10-22(33)34)12-16-13-29-19-8-6-5-7-17(16)19/h5-8,13-15,18,20-21,23,29H,9-12,28H2,1-4H3,(H,30,35)(H,31,36)(H,32,37)(H,33,34)(H,38,39). The van der Waals surface area contributed by atoms with Crippen molar-refractivity contribution >= 4 is 40.6 Å². The van der Waals surface area contributed by atoms with Gasteiger partial charge in [-0.05, 0) is 36.3 Å². The monoisotopic (exact) mass is 545 g/mol. The topological polar surface area (TPSA) is 204 Å². The summed E-state index contributed by atoms with van der Waals surface area (Å²) in [4.78, 5) is 65.0. The van der Waals surface area contributed by atoms with Gasteiger partial charge in [0.05, 0.1) is 6.04 Å². The summed E-state index contributed by atoms with van der Waals surface area (Å²) in [6.45, 7) is 7.04. The molecule has 2 aromatic rings. The number of para-hydroxylation sites is 1. The minimum absolute atomic E-state index is 0.0190. The van der Waals surface area contributed by atoms with Crippen LogP contribution >= 0.6 is 0 Å². The average Bonchev–Trinajstić information content (AvgIpc) is 3.26.